The zero-order valence-corrected chi connectivity index (χ0v) is 22.3. The first kappa shape index (κ1) is 25.5. The van der Waals surface area contributed by atoms with Gasteiger partial charge >= 0.3 is 0 Å². The first-order valence-electron chi connectivity index (χ1n) is 13.4. The van der Waals surface area contributed by atoms with E-state index in [9.17, 15) is 4.79 Å². The van der Waals surface area contributed by atoms with Gasteiger partial charge in [-0.05, 0) is 69.3 Å². The SMILES string of the molecule is CCc1ccc2[nH]c(=O)c(C(c3nnnn3Cc3ccccc3)N(Cc3ccccc3)Cc3ccco3)cc2c1. The Hall–Kier alpha value is -4.82. The second kappa shape index (κ2) is 11.5. The number of aryl methyl sites for hydroxylation is 1. The van der Waals surface area contributed by atoms with Crippen molar-refractivity contribution in [3.63, 3.8) is 0 Å². The maximum Gasteiger partial charge on any atom is 0.253 e. The molecule has 3 heterocycles. The lowest BCUT2D eigenvalue weighted by atomic mass is 10.0. The zero-order chi connectivity index (χ0) is 27.3. The fourth-order valence-electron chi connectivity index (χ4n) is 5.13. The van der Waals surface area contributed by atoms with Crippen LogP contribution >= 0.6 is 0 Å². The van der Waals surface area contributed by atoms with Gasteiger partial charge in [0, 0.05) is 17.6 Å². The molecule has 6 aromatic rings. The zero-order valence-electron chi connectivity index (χ0n) is 22.3. The van der Waals surface area contributed by atoms with E-state index >= 15 is 0 Å². The van der Waals surface area contributed by atoms with Gasteiger partial charge in [0.2, 0.25) is 0 Å². The van der Waals surface area contributed by atoms with Crippen molar-refractivity contribution < 1.29 is 4.42 Å². The summed E-state index contributed by atoms with van der Waals surface area (Å²) in [6, 6.07) is 31.7. The Morgan fingerprint density at radius 2 is 1.65 bits per heavy atom. The maximum atomic E-state index is 13.8. The van der Waals surface area contributed by atoms with E-state index in [-0.39, 0.29) is 5.56 Å². The van der Waals surface area contributed by atoms with Crippen molar-refractivity contribution >= 4 is 10.9 Å². The molecule has 40 heavy (non-hydrogen) atoms. The average Bonchev–Trinajstić information content (AvgIpc) is 3.67. The monoisotopic (exact) mass is 530 g/mol. The van der Waals surface area contributed by atoms with Gasteiger partial charge in [-0.2, -0.15) is 0 Å². The fraction of sp³-hybridized carbons (Fsp3) is 0.188. The lowest BCUT2D eigenvalue weighted by molar-refractivity contribution is 0.179. The molecule has 0 bridgehead atoms. The Kier molecular flexibility index (Phi) is 7.32. The summed E-state index contributed by atoms with van der Waals surface area (Å²) in [6.07, 6.45) is 2.57. The third kappa shape index (κ3) is 5.48. The van der Waals surface area contributed by atoms with Crippen LogP contribution in [0, 0.1) is 0 Å². The third-order valence-corrected chi connectivity index (χ3v) is 7.15. The summed E-state index contributed by atoms with van der Waals surface area (Å²) in [4.78, 5) is 19.1. The topological polar surface area (TPSA) is 92.8 Å². The molecule has 0 fully saturated rings. The number of hydrogen-bond donors (Lipinski definition) is 1. The minimum Gasteiger partial charge on any atom is -0.468 e. The van der Waals surface area contributed by atoms with Gasteiger partial charge < -0.3 is 9.40 Å². The van der Waals surface area contributed by atoms with Gasteiger partial charge in [-0.15, -0.1) is 5.10 Å². The summed E-state index contributed by atoms with van der Waals surface area (Å²) in [5.41, 5.74) is 4.57. The number of rotatable bonds is 10. The molecule has 0 aliphatic rings. The fourth-order valence-corrected chi connectivity index (χ4v) is 5.13. The van der Waals surface area contributed by atoms with Crippen LogP contribution in [-0.2, 0) is 26.1 Å². The van der Waals surface area contributed by atoms with Crippen molar-refractivity contribution in [2.24, 2.45) is 0 Å². The van der Waals surface area contributed by atoms with Crippen molar-refractivity contribution in [1.29, 1.82) is 0 Å². The molecule has 0 saturated heterocycles. The second-order valence-electron chi connectivity index (χ2n) is 9.88. The van der Waals surface area contributed by atoms with Crippen LogP contribution in [0.2, 0.25) is 0 Å². The summed E-state index contributed by atoms with van der Waals surface area (Å²) < 4.78 is 7.56. The Balaban J connectivity index is 1.53. The van der Waals surface area contributed by atoms with Gasteiger partial charge in [0.25, 0.3) is 5.56 Å². The molecule has 8 heteroatoms. The molecule has 0 aliphatic carbocycles. The van der Waals surface area contributed by atoms with E-state index in [1.54, 1.807) is 10.9 Å². The highest BCUT2D eigenvalue weighted by Crippen LogP contribution is 2.30. The molecular weight excluding hydrogens is 500 g/mol. The van der Waals surface area contributed by atoms with Crippen molar-refractivity contribution in [2.45, 2.75) is 39.0 Å². The van der Waals surface area contributed by atoms with Crippen LogP contribution in [0.15, 0.2) is 113 Å². The predicted octanol–water partition coefficient (Wildman–Crippen LogP) is 5.51. The molecule has 1 atom stereocenters. The van der Waals surface area contributed by atoms with E-state index in [1.807, 2.05) is 72.8 Å². The van der Waals surface area contributed by atoms with Crippen LogP contribution in [0.5, 0.6) is 0 Å². The van der Waals surface area contributed by atoms with Gasteiger partial charge in [-0.3, -0.25) is 9.69 Å². The smallest absolute Gasteiger partial charge is 0.253 e. The molecule has 1 unspecified atom stereocenters. The van der Waals surface area contributed by atoms with E-state index < -0.39 is 6.04 Å². The molecule has 0 saturated carbocycles. The van der Waals surface area contributed by atoms with Crippen LogP contribution in [0.1, 0.15) is 46.8 Å². The van der Waals surface area contributed by atoms with Crippen LogP contribution in [0.25, 0.3) is 10.9 Å². The first-order valence-corrected chi connectivity index (χ1v) is 13.4. The van der Waals surface area contributed by atoms with Crippen molar-refractivity contribution in [3.05, 3.63) is 148 Å². The standard InChI is InChI=1S/C32H30N6O2/c1-2-23-15-16-29-26(18-23)19-28(32(39)33-29)30(31-34-35-36-38(31)21-25-12-7-4-8-13-25)37(22-27-14-9-17-40-27)20-24-10-5-3-6-11-24/h3-19,30H,2,20-22H2,1H3,(H,33,39). The number of H-pyrrole nitrogens is 1. The van der Waals surface area contributed by atoms with Crippen molar-refractivity contribution in [2.75, 3.05) is 0 Å². The number of fused-ring (bicyclic) bond motifs is 1. The van der Waals surface area contributed by atoms with Crippen LogP contribution < -0.4 is 5.56 Å². The Morgan fingerprint density at radius 3 is 2.38 bits per heavy atom. The number of aromatic amines is 1. The van der Waals surface area contributed by atoms with Crippen molar-refractivity contribution in [1.82, 2.24) is 30.1 Å². The van der Waals surface area contributed by atoms with Gasteiger partial charge in [0.1, 0.15) is 11.8 Å². The second-order valence-corrected chi connectivity index (χ2v) is 9.88. The molecule has 8 nitrogen and oxygen atoms in total. The molecule has 0 aliphatic heterocycles. The highest BCUT2D eigenvalue weighted by molar-refractivity contribution is 5.80. The van der Waals surface area contributed by atoms with E-state index in [0.717, 1.165) is 34.2 Å². The molecule has 6 rings (SSSR count). The average molecular weight is 531 g/mol. The van der Waals surface area contributed by atoms with Gasteiger partial charge in [-0.1, -0.05) is 73.7 Å². The summed E-state index contributed by atoms with van der Waals surface area (Å²) >= 11 is 0. The van der Waals surface area contributed by atoms with Crippen LogP contribution in [0.4, 0.5) is 0 Å². The number of nitrogens with zero attached hydrogens (tertiary/aromatic N) is 5. The number of nitrogens with one attached hydrogen (secondary N) is 1. The van der Waals surface area contributed by atoms with Gasteiger partial charge in [0.15, 0.2) is 5.82 Å². The number of aromatic nitrogens is 5. The summed E-state index contributed by atoms with van der Waals surface area (Å²) in [5, 5.41) is 13.9. The predicted molar refractivity (Wildman–Crippen MR) is 154 cm³/mol. The first-order chi connectivity index (χ1) is 19.7. The molecule has 3 aromatic carbocycles. The quantitative estimate of drug-likeness (QED) is 0.251. The highest BCUT2D eigenvalue weighted by atomic mass is 16.3. The number of tetrazole rings is 1. The maximum absolute atomic E-state index is 13.8. The van der Waals surface area contributed by atoms with Crippen molar-refractivity contribution in [3.8, 4) is 0 Å². The lowest BCUT2D eigenvalue weighted by Gasteiger charge is -2.30. The highest BCUT2D eigenvalue weighted by Gasteiger charge is 2.31. The summed E-state index contributed by atoms with van der Waals surface area (Å²) in [5.74, 6) is 1.37. The molecule has 0 spiro atoms. The molecule has 200 valence electrons. The summed E-state index contributed by atoms with van der Waals surface area (Å²) in [6.45, 7) is 3.61. The van der Waals surface area contributed by atoms with E-state index in [2.05, 4.69) is 56.6 Å². The number of pyridine rings is 1. The molecule has 0 amide bonds. The summed E-state index contributed by atoms with van der Waals surface area (Å²) in [7, 11) is 0. The normalized spacial score (nSPS) is 12.2. The number of benzene rings is 3. The molecule has 3 aromatic heterocycles. The van der Waals surface area contributed by atoms with Gasteiger partial charge in [-0.25, -0.2) is 4.68 Å². The Bertz CT molecular complexity index is 1740. The largest absolute Gasteiger partial charge is 0.468 e. The van der Waals surface area contributed by atoms with Gasteiger partial charge in [0.05, 0.1) is 19.4 Å². The molecule has 1 N–H and O–H groups in total. The minimum atomic E-state index is -0.553. The van der Waals surface area contributed by atoms with Crippen LogP contribution in [-0.4, -0.2) is 30.1 Å². The van der Waals surface area contributed by atoms with E-state index in [4.69, 9.17) is 4.42 Å². The lowest BCUT2D eigenvalue weighted by Crippen LogP contribution is -2.34. The third-order valence-electron chi connectivity index (χ3n) is 7.15. The van der Waals surface area contributed by atoms with E-state index in [0.29, 0.717) is 31.0 Å². The molecule has 0 radical (unpaired) electrons. The molecular formula is C32H30N6O2. The van der Waals surface area contributed by atoms with Crippen LogP contribution in [0.3, 0.4) is 0 Å². The Morgan fingerprint density at radius 1 is 0.875 bits per heavy atom. The minimum absolute atomic E-state index is 0.173. The number of furan rings is 1. The van der Waals surface area contributed by atoms with E-state index in [1.165, 1.54) is 5.56 Å². The Labute approximate surface area is 231 Å². The number of hydrogen-bond acceptors (Lipinski definition) is 6.